The van der Waals surface area contributed by atoms with E-state index >= 15 is 0 Å². The van der Waals surface area contributed by atoms with E-state index in [0.29, 0.717) is 0 Å². The Morgan fingerprint density at radius 1 is 1.21 bits per heavy atom. The van der Waals surface area contributed by atoms with Crippen LogP contribution in [0.25, 0.3) is 0 Å². The van der Waals surface area contributed by atoms with Gasteiger partial charge in [0.15, 0.2) is 0 Å². The van der Waals surface area contributed by atoms with Gasteiger partial charge in [-0.25, -0.2) is 0 Å². The molecule has 0 spiro atoms. The molecule has 2 aliphatic rings. The highest BCUT2D eigenvalue weighted by Crippen LogP contribution is 2.26. The zero-order valence-corrected chi connectivity index (χ0v) is 9.39. The molecule has 0 bridgehead atoms. The first-order chi connectivity index (χ1) is 6.84. The molecule has 1 saturated carbocycles. The van der Waals surface area contributed by atoms with Crippen molar-refractivity contribution in [3.63, 3.8) is 0 Å². The fourth-order valence-electron chi connectivity index (χ4n) is 2.73. The number of piperidine rings is 1. The second-order valence-corrected chi connectivity index (χ2v) is 5.21. The van der Waals surface area contributed by atoms with Crippen molar-refractivity contribution < 1.29 is 0 Å². The average molecular weight is 196 g/mol. The van der Waals surface area contributed by atoms with Gasteiger partial charge in [-0.05, 0) is 63.6 Å². The number of hydrogen-bond donors (Lipinski definition) is 2. The fraction of sp³-hybridized carbons (Fsp3) is 1.00. The first-order valence-electron chi connectivity index (χ1n) is 6.28. The van der Waals surface area contributed by atoms with Crippen LogP contribution in [0.15, 0.2) is 0 Å². The zero-order chi connectivity index (χ0) is 9.80. The largest absolute Gasteiger partial charge is 0.317 e. The molecule has 1 saturated heterocycles. The van der Waals surface area contributed by atoms with Crippen LogP contribution < -0.4 is 10.6 Å². The Labute approximate surface area is 87.8 Å². The molecule has 2 rings (SSSR count). The van der Waals surface area contributed by atoms with Crippen LogP contribution in [-0.2, 0) is 0 Å². The van der Waals surface area contributed by atoms with E-state index in [0.717, 1.165) is 17.9 Å². The summed E-state index contributed by atoms with van der Waals surface area (Å²) in [6, 6.07) is 0.853. The molecule has 0 atom stereocenters. The zero-order valence-electron chi connectivity index (χ0n) is 9.39. The van der Waals surface area contributed by atoms with E-state index in [1.165, 1.54) is 51.7 Å². The summed E-state index contributed by atoms with van der Waals surface area (Å²) in [5.74, 6) is 1.97. The predicted molar refractivity (Wildman–Crippen MR) is 60.4 cm³/mol. The summed E-state index contributed by atoms with van der Waals surface area (Å²) < 4.78 is 0. The summed E-state index contributed by atoms with van der Waals surface area (Å²) in [6.07, 6.45) is 7.00. The standard InChI is InChI=1S/C12H24N2/c1-10-8-12(9-10)14-7-4-11-2-5-13-6-3-11/h10-14H,2-9H2,1H3. The van der Waals surface area contributed by atoms with Gasteiger partial charge in [0.25, 0.3) is 0 Å². The highest BCUT2D eigenvalue weighted by atomic mass is 14.9. The third-order valence-electron chi connectivity index (χ3n) is 3.82. The van der Waals surface area contributed by atoms with Gasteiger partial charge in [0.1, 0.15) is 0 Å². The molecule has 0 aromatic carbocycles. The molecule has 14 heavy (non-hydrogen) atoms. The minimum atomic E-state index is 0.853. The molecule has 0 amide bonds. The Morgan fingerprint density at radius 3 is 2.57 bits per heavy atom. The van der Waals surface area contributed by atoms with E-state index in [1.54, 1.807) is 0 Å². The van der Waals surface area contributed by atoms with Crippen molar-refractivity contribution in [2.75, 3.05) is 19.6 Å². The van der Waals surface area contributed by atoms with E-state index in [1.807, 2.05) is 0 Å². The highest BCUT2D eigenvalue weighted by Gasteiger charge is 2.24. The molecule has 0 aromatic rings. The molecule has 2 heteroatoms. The molecule has 1 aliphatic heterocycles. The van der Waals surface area contributed by atoms with E-state index < -0.39 is 0 Å². The Hall–Kier alpha value is -0.0800. The lowest BCUT2D eigenvalue weighted by Gasteiger charge is -2.34. The summed E-state index contributed by atoms with van der Waals surface area (Å²) in [4.78, 5) is 0. The van der Waals surface area contributed by atoms with E-state index in [9.17, 15) is 0 Å². The van der Waals surface area contributed by atoms with Crippen molar-refractivity contribution in [1.29, 1.82) is 0 Å². The molecule has 82 valence electrons. The summed E-state index contributed by atoms with van der Waals surface area (Å²) in [7, 11) is 0. The molecular weight excluding hydrogens is 172 g/mol. The Kier molecular flexibility index (Phi) is 3.82. The lowest BCUT2D eigenvalue weighted by molar-refractivity contribution is 0.233. The molecular formula is C12H24N2. The lowest BCUT2D eigenvalue weighted by Crippen LogP contribution is -2.41. The summed E-state index contributed by atoms with van der Waals surface area (Å²) >= 11 is 0. The Balaban J connectivity index is 1.50. The van der Waals surface area contributed by atoms with Gasteiger partial charge in [0.05, 0.1) is 0 Å². The van der Waals surface area contributed by atoms with E-state index in [-0.39, 0.29) is 0 Å². The molecule has 2 N–H and O–H groups in total. The van der Waals surface area contributed by atoms with Gasteiger partial charge in [-0.3, -0.25) is 0 Å². The average Bonchev–Trinajstić information content (AvgIpc) is 2.17. The predicted octanol–water partition coefficient (Wildman–Crippen LogP) is 1.76. The quantitative estimate of drug-likeness (QED) is 0.716. The molecule has 1 aliphatic carbocycles. The molecule has 2 nitrogen and oxygen atoms in total. The maximum atomic E-state index is 3.68. The van der Waals surface area contributed by atoms with Crippen molar-refractivity contribution in [3.8, 4) is 0 Å². The van der Waals surface area contributed by atoms with Crippen LogP contribution in [0.3, 0.4) is 0 Å². The topological polar surface area (TPSA) is 24.1 Å². The van der Waals surface area contributed by atoms with Crippen LogP contribution in [0.2, 0.25) is 0 Å². The van der Waals surface area contributed by atoms with Gasteiger partial charge in [-0.15, -0.1) is 0 Å². The first-order valence-corrected chi connectivity index (χ1v) is 6.28. The molecule has 0 radical (unpaired) electrons. The number of rotatable bonds is 4. The van der Waals surface area contributed by atoms with E-state index in [2.05, 4.69) is 17.6 Å². The molecule has 1 heterocycles. The Bertz CT molecular complexity index is 158. The summed E-state index contributed by atoms with van der Waals surface area (Å²) in [5.41, 5.74) is 0. The van der Waals surface area contributed by atoms with Gasteiger partial charge < -0.3 is 10.6 Å². The van der Waals surface area contributed by atoms with Crippen LogP contribution in [0.4, 0.5) is 0 Å². The normalized spacial score (nSPS) is 34.1. The van der Waals surface area contributed by atoms with Crippen LogP contribution in [0.5, 0.6) is 0 Å². The SMILES string of the molecule is CC1CC(NCCC2CCNCC2)C1. The van der Waals surface area contributed by atoms with Gasteiger partial charge in [-0.2, -0.15) is 0 Å². The molecule has 2 fully saturated rings. The van der Waals surface area contributed by atoms with Crippen molar-refractivity contribution in [3.05, 3.63) is 0 Å². The Morgan fingerprint density at radius 2 is 1.93 bits per heavy atom. The maximum Gasteiger partial charge on any atom is 0.00721 e. The smallest absolute Gasteiger partial charge is 0.00721 e. The van der Waals surface area contributed by atoms with Gasteiger partial charge in [0.2, 0.25) is 0 Å². The highest BCUT2D eigenvalue weighted by molar-refractivity contribution is 4.82. The van der Waals surface area contributed by atoms with Crippen LogP contribution >= 0.6 is 0 Å². The maximum absolute atomic E-state index is 3.68. The monoisotopic (exact) mass is 196 g/mol. The number of nitrogens with one attached hydrogen (secondary N) is 2. The number of hydrogen-bond acceptors (Lipinski definition) is 2. The second kappa shape index (κ2) is 5.13. The van der Waals surface area contributed by atoms with Crippen LogP contribution in [0, 0.1) is 11.8 Å². The lowest BCUT2D eigenvalue weighted by atomic mass is 9.82. The molecule has 0 aromatic heterocycles. The van der Waals surface area contributed by atoms with Gasteiger partial charge >= 0.3 is 0 Å². The second-order valence-electron chi connectivity index (χ2n) is 5.21. The van der Waals surface area contributed by atoms with Crippen LogP contribution in [-0.4, -0.2) is 25.7 Å². The fourth-order valence-corrected chi connectivity index (χ4v) is 2.73. The third kappa shape index (κ3) is 2.96. The minimum Gasteiger partial charge on any atom is -0.317 e. The summed E-state index contributed by atoms with van der Waals surface area (Å²) in [5, 5.41) is 7.10. The van der Waals surface area contributed by atoms with Crippen LogP contribution in [0.1, 0.15) is 39.0 Å². The third-order valence-corrected chi connectivity index (χ3v) is 3.82. The van der Waals surface area contributed by atoms with E-state index in [4.69, 9.17) is 0 Å². The van der Waals surface area contributed by atoms with Crippen molar-refractivity contribution in [2.24, 2.45) is 11.8 Å². The summed E-state index contributed by atoms with van der Waals surface area (Å²) in [6.45, 7) is 6.09. The van der Waals surface area contributed by atoms with Crippen molar-refractivity contribution in [1.82, 2.24) is 10.6 Å². The minimum absolute atomic E-state index is 0.853. The van der Waals surface area contributed by atoms with Crippen molar-refractivity contribution >= 4 is 0 Å². The van der Waals surface area contributed by atoms with Gasteiger partial charge in [0, 0.05) is 6.04 Å². The molecule has 0 unspecified atom stereocenters. The first kappa shape index (κ1) is 10.4. The van der Waals surface area contributed by atoms with Gasteiger partial charge in [-0.1, -0.05) is 6.92 Å². The van der Waals surface area contributed by atoms with Crippen molar-refractivity contribution in [2.45, 2.75) is 45.1 Å².